The number of hydrogen-bond acceptors (Lipinski definition) is 4. The van der Waals surface area contributed by atoms with Crippen LogP contribution in [0.1, 0.15) is 30.6 Å². The monoisotopic (exact) mass is 324 g/mol. The molecule has 1 aromatic rings. The predicted octanol–water partition coefficient (Wildman–Crippen LogP) is 1.70. The Morgan fingerprint density at radius 1 is 1.39 bits per heavy atom. The Morgan fingerprint density at radius 3 is 2.74 bits per heavy atom. The summed E-state index contributed by atoms with van der Waals surface area (Å²) in [6.07, 6.45) is 0.569. The smallest absolute Gasteiger partial charge is 0.260 e. The Morgan fingerprint density at radius 2 is 2.13 bits per heavy atom. The second-order valence-electron chi connectivity index (χ2n) is 6.44. The molecule has 1 atom stereocenters. The Hall–Kier alpha value is -1.66. The maximum atomic E-state index is 13.9. The number of aromatic hydroxyl groups is 1. The largest absolute Gasteiger partial charge is 0.507 e. The highest BCUT2D eigenvalue weighted by atomic mass is 19.1. The van der Waals surface area contributed by atoms with Gasteiger partial charge in [0.05, 0.1) is 0 Å². The summed E-state index contributed by atoms with van der Waals surface area (Å²) in [6, 6.07) is 3.91. The molecule has 0 spiro atoms. The quantitative estimate of drug-likeness (QED) is 0.865. The van der Waals surface area contributed by atoms with E-state index >= 15 is 0 Å². The topological polar surface area (TPSA) is 64.0 Å². The second-order valence-corrected chi connectivity index (χ2v) is 6.44. The average Bonchev–Trinajstić information content (AvgIpc) is 2.48. The van der Waals surface area contributed by atoms with Gasteiger partial charge >= 0.3 is 0 Å². The third kappa shape index (κ3) is 4.20. The maximum absolute atomic E-state index is 13.9. The standard InChI is InChI=1S/C17H25FN2O3/c1-12(2)10-19-7-8-20(11-13(19)6-9-21)17(23)16-14(18)4-3-5-15(16)22/h3-5,12-13,21-22H,6-11H2,1-2H3/t13-/m1/s1. The first kappa shape index (κ1) is 17.7. The van der Waals surface area contributed by atoms with Gasteiger partial charge in [-0.25, -0.2) is 4.39 Å². The molecule has 0 bridgehead atoms. The van der Waals surface area contributed by atoms with Gasteiger partial charge < -0.3 is 15.1 Å². The van der Waals surface area contributed by atoms with E-state index in [4.69, 9.17) is 0 Å². The fourth-order valence-corrected chi connectivity index (χ4v) is 3.09. The summed E-state index contributed by atoms with van der Waals surface area (Å²) in [5.74, 6) is -1.04. The summed E-state index contributed by atoms with van der Waals surface area (Å²) in [7, 11) is 0. The molecule has 0 unspecified atom stereocenters. The number of carbonyl (C=O) groups excluding carboxylic acids is 1. The van der Waals surface area contributed by atoms with E-state index in [0.717, 1.165) is 6.54 Å². The lowest BCUT2D eigenvalue weighted by Gasteiger charge is -2.42. The summed E-state index contributed by atoms with van der Waals surface area (Å²) < 4.78 is 13.9. The number of nitrogens with zero attached hydrogens (tertiary/aromatic N) is 2. The molecule has 1 fully saturated rings. The van der Waals surface area contributed by atoms with E-state index in [9.17, 15) is 19.4 Å². The fraction of sp³-hybridized carbons (Fsp3) is 0.588. The molecule has 1 saturated heterocycles. The molecular formula is C17H25FN2O3. The van der Waals surface area contributed by atoms with Crippen LogP contribution in [0.15, 0.2) is 18.2 Å². The average molecular weight is 324 g/mol. The number of hydrogen-bond donors (Lipinski definition) is 2. The predicted molar refractivity (Wildman–Crippen MR) is 85.9 cm³/mol. The minimum Gasteiger partial charge on any atom is -0.507 e. The summed E-state index contributed by atoms with van der Waals surface area (Å²) in [5.41, 5.74) is -0.271. The number of benzene rings is 1. The molecule has 0 radical (unpaired) electrons. The van der Waals surface area contributed by atoms with Crippen LogP contribution in [0, 0.1) is 11.7 Å². The van der Waals surface area contributed by atoms with Gasteiger partial charge in [0.25, 0.3) is 5.91 Å². The van der Waals surface area contributed by atoms with Gasteiger partial charge in [0.15, 0.2) is 0 Å². The maximum Gasteiger partial charge on any atom is 0.260 e. The lowest BCUT2D eigenvalue weighted by molar-refractivity contribution is 0.0379. The molecular weight excluding hydrogens is 299 g/mol. The number of rotatable bonds is 5. The van der Waals surface area contributed by atoms with E-state index < -0.39 is 11.7 Å². The molecule has 5 nitrogen and oxygen atoms in total. The summed E-state index contributed by atoms with van der Waals surface area (Å²) in [4.78, 5) is 16.4. The van der Waals surface area contributed by atoms with Crippen LogP contribution in [0.2, 0.25) is 0 Å². The van der Waals surface area contributed by atoms with Gasteiger partial charge in [-0.15, -0.1) is 0 Å². The molecule has 0 saturated carbocycles. The molecule has 1 heterocycles. The lowest BCUT2D eigenvalue weighted by Crippen LogP contribution is -2.55. The van der Waals surface area contributed by atoms with Crippen LogP contribution >= 0.6 is 0 Å². The Balaban J connectivity index is 2.14. The van der Waals surface area contributed by atoms with E-state index in [1.807, 2.05) is 0 Å². The van der Waals surface area contributed by atoms with Crippen LogP contribution < -0.4 is 0 Å². The molecule has 1 amide bonds. The molecule has 23 heavy (non-hydrogen) atoms. The van der Waals surface area contributed by atoms with Crippen LogP contribution in [-0.4, -0.2) is 64.7 Å². The first-order chi connectivity index (χ1) is 10.9. The number of aliphatic hydroxyl groups excluding tert-OH is 1. The lowest BCUT2D eigenvalue weighted by atomic mass is 10.0. The van der Waals surface area contributed by atoms with Gasteiger partial charge in [-0.1, -0.05) is 19.9 Å². The summed E-state index contributed by atoms with van der Waals surface area (Å²) >= 11 is 0. The van der Waals surface area contributed by atoms with Crippen molar-refractivity contribution in [3.63, 3.8) is 0 Å². The van der Waals surface area contributed by atoms with Crippen molar-refractivity contribution in [1.29, 1.82) is 0 Å². The zero-order valence-corrected chi connectivity index (χ0v) is 13.7. The molecule has 2 N–H and O–H groups in total. The number of phenols is 1. The third-order valence-electron chi connectivity index (χ3n) is 4.16. The minimum absolute atomic E-state index is 0.0479. The molecule has 1 aromatic carbocycles. The number of aliphatic hydroxyl groups is 1. The number of carbonyl (C=O) groups is 1. The first-order valence-corrected chi connectivity index (χ1v) is 8.05. The second kappa shape index (κ2) is 7.75. The first-order valence-electron chi connectivity index (χ1n) is 8.05. The van der Waals surface area contributed by atoms with E-state index in [2.05, 4.69) is 18.7 Å². The number of halogens is 1. The Bertz CT molecular complexity index is 530. The van der Waals surface area contributed by atoms with Crippen molar-refractivity contribution in [3.8, 4) is 5.75 Å². The third-order valence-corrected chi connectivity index (χ3v) is 4.16. The number of phenolic OH excluding ortho intramolecular Hbond substituents is 1. The van der Waals surface area contributed by atoms with Gasteiger partial charge in [-0.05, 0) is 24.5 Å². The molecule has 128 valence electrons. The van der Waals surface area contributed by atoms with Crippen molar-refractivity contribution >= 4 is 5.91 Å². The van der Waals surface area contributed by atoms with E-state index in [0.29, 0.717) is 32.0 Å². The van der Waals surface area contributed by atoms with Crippen LogP contribution in [0.5, 0.6) is 5.75 Å². The highest BCUT2D eigenvalue weighted by Crippen LogP contribution is 2.24. The van der Waals surface area contributed by atoms with Crippen molar-refractivity contribution < 1.29 is 19.4 Å². The summed E-state index contributed by atoms with van der Waals surface area (Å²) in [5, 5.41) is 19.1. The van der Waals surface area contributed by atoms with Crippen molar-refractivity contribution in [3.05, 3.63) is 29.6 Å². The molecule has 1 aliphatic heterocycles. The molecule has 2 rings (SSSR count). The zero-order chi connectivity index (χ0) is 17.0. The van der Waals surface area contributed by atoms with E-state index in [-0.39, 0.29) is 24.0 Å². The van der Waals surface area contributed by atoms with Crippen LogP contribution in [0.25, 0.3) is 0 Å². The van der Waals surface area contributed by atoms with Gasteiger partial charge in [0.1, 0.15) is 17.1 Å². The molecule has 1 aliphatic rings. The molecule has 0 aromatic heterocycles. The van der Waals surface area contributed by atoms with Crippen molar-refractivity contribution in [2.24, 2.45) is 5.92 Å². The fourth-order valence-electron chi connectivity index (χ4n) is 3.09. The van der Waals surface area contributed by atoms with Gasteiger partial charge in [-0.3, -0.25) is 9.69 Å². The summed E-state index contributed by atoms with van der Waals surface area (Å²) in [6.45, 7) is 6.81. The minimum atomic E-state index is -0.710. The van der Waals surface area contributed by atoms with Crippen molar-refractivity contribution in [1.82, 2.24) is 9.80 Å². The van der Waals surface area contributed by atoms with E-state index in [1.165, 1.54) is 18.2 Å². The van der Waals surface area contributed by atoms with Gasteiger partial charge in [0.2, 0.25) is 0 Å². The van der Waals surface area contributed by atoms with Gasteiger partial charge in [-0.2, -0.15) is 0 Å². The van der Waals surface area contributed by atoms with Crippen molar-refractivity contribution in [2.75, 3.05) is 32.8 Å². The van der Waals surface area contributed by atoms with Crippen molar-refractivity contribution in [2.45, 2.75) is 26.3 Å². The highest BCUT2D eigenvalue weighted by molar-refractivity contribution is 5.97. The SMILES string of the molecule is CC(C)CN1CCN(C(=O)c2c(O)cccc2F)C[C@H]1CCO. The molecule has 6 heteroatoms. The number of amides is 1. The normalized spacial score (nSPS) is 19.3. The van der Waals surface area contributed by atoms with Gasteiger partial charge in [0, 0.05) is 38.8 Å². The van der Waals surface area contributed by atoms with E-state index in [1.54, 1.807) is 4.90 Å². The van der Waals surface area contributed by atoms with Crippen LogP contribution in [-0.2, 0) is 0 Å². The highest BCUT2D eigenvalue weighted by Gasteiger charge is 2.31. The Labute approximate surface area is 136 Å². The zero-order valence-electron chi connectivity index (χ0n) is 13.7. The Kier molecular flexibility index (Phi) is 5.96. The number of piperazine rings is 1. The van der Waals surface area contributed by atoms with Crippen LogP contribution in [0.3, 0.4) is 0 Å². The molecule has 0 aliphatic carbocycles. The van der Waals surface area contributed by atoms with Crippen LogP contribution in [0.4, 0.5) is 4.39 Å².